The van der Waals surface area contributed by atoms with Gasteiger partial charge in [-0.3, -0.25) is 19.5 Å². The lowest BCUT2D eigenvalue weighted by Gasteiger charge is -2.27. The number of nitrogens with zero attached hydrogens (tertiary/aromatic N) is 3. The monoisotopic (exact) mass is 546 g/mol. The summed E-state index contributed by atoms with van der Waals surface area (Å²) in [7, 11) is 0. The van der Waals surface area contributed by atoms with Crippen LogP contribution in [0, 0.1) is 0 Å². The first-order valence-electron chi connectivity index (χ1n) is 10.3. The van der Waals surface area contributed by atoms with Gasteiger partial charge < -0.3 is 9.40 Å². The molecule has 0 atom stereocenters. The summed E-state index contributed by atoms with van der Waals surface area (Å²) in [4.78, 5) is 40.0. The van der Waals surface area contributed by atoms with E-state index in [0.717, 1.165) is 52.7 Å². The van der Waals surface area contributed by atoms with Gasteiger partial charge in [-0.25, -0.2) is 4.98 Å². The highest BCUT2D eigenvalue weighted by Gasteiger charge is 2.24. The van der Waals surface area contributed by atoms with Gasteiger partial charge in [0.05, 0.1) is 33.1 Å². The van der Waals surface area contributed by atoms with Crippen molar-refractivity contribution in [3.8, 4) is 0 Å². The summed E-state index contributed by atoms with van der Waals surface area (Å²) in [6.07, 6.45) is 5.21. The lowest BCUT2D eigenvalue weighted by Crippen LogP contribution is -2.37. The normalized spacial score (nSPS) is 16.9. The maximum Gasteiger partial charge on any atom is 0.255 e. The average Bonchev–Trinajstić information content (AvgIpc) is 2.77. The third-order valence-corrected chi connectivity index (χ3v) is 6.85. The van der Waals surface area contributed by atoms with Gasteiger partial charge in [-0.05, 0) is 47.3 Å². The molecule has 1 N–H and O–H groups in total. The maximum atomic E-state index is 13.0. The van der Waals surface area contributed by atoms with Crippen LogP contribution in [0.1, 0.15) is 41.9 Å². The van der Waals surface area contributed by atoms with Gasteiger partial charge in [0.25, 0.3) is 5.56 Å². The number of hydrogen-bond acceptors (Lipinski definition) is 6. The molecule has 0 saturated heterocycles. The van der Waals surface area contributed by atoms with Crippen molar-refractivity contribution >= 4 is 48.5 Å². The Balaban J connectivity index is 1.41. The molecule has 31 heavy (non-hydrogen) atoms. The van der Waals surface area contributed by atoms with Crippen molar-refractivity contribution in [1.82, 2.24) is 14.9 Å². The molecule has 0 saturated carbocycles. The van der Waals surface area contributed by atoms with Crippen molar-refractivity contribution in [1.29, 1.82) is 0 Å². The van der Waals surface area contributed by atoms with Crippen LogP contribution in [0.2, 0.25) is 0 Å². The molecule has 2 aliphatic rings. The van der Waals surface area contributed by atoms with E-state index in [0.29, 0.717) is 47.4 Å². The first-order valence-corrected chi connectivity index (χ1v) is 11.9. The van der Waals surface area contributed by atoms with Crippen LogP contribution in [0.4, 0.5) is 0 Å². The predicted octanol–water partition coefficient (Wildman–Crippen LogP) is 3.93. The largest absolute Gasteiger partial charge is 0.463 e. The highest BCUT2D eigenvalue weighted by molar-refractivity contribution is 9.11. The van der Waals surface area contributed by atoms with Crippen molar-refractivity contribution in [2.24, 2.45) is 4.99 Å². The number of aromatic amines is 1. The second-order valence-electron chi connectivity index (χ2n) is 7.94. The van der Waals surface area contributed by atoms with Crippen LogP contribution >= 0.6 is 31.9 Å². The summed E-state index contributed by atoms with van der Waals surface area (Å²) in [6, 6.07) is 3.62. The standard InChI is InChI=1S/C22H20Br2N4O3/c23-13-7-14-19(29)12(11-31-20(14)16(24)8-13)9-28-6-4-17-15(10-28)22(30)27-21(26-17)18-3-1-2-5-25-18/h7-8,11H,1-6,9-10H2,(H,26,27,30). The van der Waals surface area contributed by atoms with Gasteiger partial charge >= 0.3 is 0 Å². The molecule has 0 fully saturated rings. The number of hydrogen-bond donors (Lipinski definition) is 1. The number of nitrogens with one attached hydrogen (secondary N) is 1. The molecule has 0 radical (unpaired) electrons. The Bertz CT molecular complexity index is 1330. The molecule has 2 aliphatic heterocycles. The number of H-pyrrole nitrogens is 1. The molecule has 0 amide bonds. The molecule has 0 spiro atoms. The van der Waals surface area contributed by atoms with Gasteiger partial charge in [0.15, 0.2) is 16.8 Å². The Labute approximate surface area is 194 Å². The molecular formula is C22H20Br2N4O3. The third kappa shape index (κ3) is 4.06. The van der Waals surface area contributed by atoms with Crippen molar-refractivity contribution in [2.75, 3.05) is 13.1 Å². The molecule has 0 bridgehead atoms. The first kappa shape index (κ1) is 20.8. The van der Waals surface area contributed by atoms with Crippen LogP contribution in [0.25, 0.3) is 11.0 Å². The Morgan fingerprint density at radius 2 is 2.03 bits per heavy atom. The van der Waals surface area contributed by atoms with Crippen molar-refractivity contribution in [3.63, 3.8) is 0 Å². The second kappa shape index (κ2) is 8.44. The molecule has 9 heteroatoms. The smallest absolute Gasteiger partial charge is 0.255 e. The fourth-order valence-corrected chi connectivity index (χ4v) is 5.52. The minimum atomic E-state index is -0.114. The van der Waals surface area contributed by atoms with Crippen molar-refractivity contribution in [2.45, 2.75) is 38.8 Å². The maximum absolute atomic E-state index is 13.0. The molecule has 2 aromatic heterocycles. The number of rotatable bonds is 3. The number of aliphatic imine (C=N–C) groups is 1. The summed E-state index contributed by atoms with van der Waals surface area (Å²) in [5, 5.41) is 0.522. The van der Waals surface area contributed by atoms with Crippen LogP contribution in [0.15, 0.2) is 46.3 Å². The minimum Gasteiger partial charge on any atom is -0.463 e. The van der Waals surface area contributed by atoms with Crippen LogP contribution < -0.4 is 11.0 Å². The SMILES string of the molecule is O=c1[nH]c(C2=NCCCC2)nc2c1CN(Cc1coc3c(Br)cc(Br)cc3c1=O)CC2. The van der Waals surface area contributed by atoms with E-state index in [-0.39, 0.29) is 11.0 Å². The molecule has 7 nitrogen and oxygen atoms in total. The third-order valence-electron chi connectivity index (χ3n) is 5.80. The van der Waals surface area contributed by atoms with E-state index in [1.54, 1.807) is 6.07 Å². The zero-order valence-corrected chi connectivity index (χ0v) is 19.9. The molecule has 160 valence electrons. The minimum absolute atomic E-state index is 0.0632. The molecular weight excluding hydrogens is 528 g/mol. The number of halogens is 2. The lowest BCUT2D eigenvalue weighted by atomic mass is 10.0. The summed E-state index contributed by atoms with van der Waals surface area (Å²) in [5.74, 6) is 0.614. The summed E-state index contributed by atoms with van der Waals surface area (Å²) in [5.41, 5.74) is 3.32. The van der Waals surface area contributed by atoms with Crippen molar-refractivity contribution < 1.29 is 4.42 Å². The van der Waals surface area contributed by atoms with Gasteiger partial charge in [0.1, 0.15) is 0 Å². The van der Waals surface area contributed by atoms with E-state index in [4.69, 9.17) is 9.40 Å². The van der Waals surface area contributed by atoms with E-state index in [1.165, 1.54) is 6.26 Å². The highest BCUT2D eigenvalue weighted by Crippen LogP contribution is 2.27. The highest BCUT2D eigenvalue weighted by atomic mass is 79.9. The zero-order valence-electron chi connectivity index (χ0n) is 16.7. The fourth-order valence-electron chi connectivity index (χ4n) is 4.20. The molecule has 5 rings (SSSR count). The Morgan fingerprint density at radius 3 is 2.84 bits per heavy atom. The summed E-state index contributed by atoms with van der Waals surface area (Å²) >= 11 is 6.87. The van der Waals surface area contributed by atoms with Crippen molar-refractivity contribution in [3.05, 3.63) is 70.6 Å². The van der Waals surface area contributed by atoms with Gasteiger partial charge in [-0.1, -0.05) is 15.9 Å². The lowest BCUT2D eigenvalue weighted by molar-refractivity contribution is 0.239. The van der Waals surface area contributed by atoms with E-state index in [1.807, 2.05) is 6.07 Å². The van der Waals surface area contributed by atoms with Gasteiger partial charge in [-0.2, -0.15) is 0 Å². The Morgan fingerprint density at radius 1 is 1.16 bits per heavy atom. The predicted molar refractivity (Wildman–Crippen MR) is 126 cm³/mol. The van der Waals surface area contributed by atoms with Gasteiger partial charge in [0, 0.05) is 42.6 Å². The Kier molecular flexibility index (Phi) is 5.66. The van der Waals surface area contributed by atoms with E-state index in [9.17, 15) is 9.59 Å². The molecule has 0 aliphatic carbocycles. The second-order valence-corrected chi connectivity index (χ2v) is 9.71. The van der Waals surface area contributed by atoms with Crippen LogP contribution in [0.5, 0.6) is 0 Å². The summed E-state index contributed by atoms with van der Waals surface area (Å²) < 4.78 is 7.27. The van der Waals surface area contributed by atoms with Gasteiger partial charge in [-0.15, -0.1) is 0 Å². The quantitative estimate of drug-likeness (QED) is 0.536. The average molecular weight is 548 g/mol. The van der Waals surface area contributed by atoms with E-state index >= 15 is 0 Å². The van der Waals surface area contributed by atoms with E-state index in [2.05, 4.69) is 46.7 Å². The number of benzene rings is 1. The van der Waals surface area contributed by atoms with Gasteiger partial charge in [0.2, 0.25) is 0 Å². The number of fused-ring (bicyclic) bond motifs is 2. The zero-order chi connectivity index (χ0) is 21.5. The molecule has 4 heterocycles. The van der Waals surface area contributed by atoms with Crippen LogP contribution in [-0.4, -0.2) is 33.7 Å². The van der Waals surface area contributed by atoms with Crippen LogP contribution in [-0.2, 0) is 19.5 Å². The molecule has 1 aromatic carbocycles. The number of aromatic nitrogens is 2. The fraction of sp³-hybridized carbons (Fsp3) is 0.364. The Hall–Kier alpha value is -2.10. The molecule has 3 aromatic rings. The van der Waals surface area contributed by atoms with E-state index < -0.39 is 0 Å². The summed E-state index contributed by atoms with van der Waals surface area (Å²) in [6.45, 7) is 2.38. The van der Waals surface area contributed by atoms with Crippen LogP contribution in [0.3, 0.4) is 0 Å². The first-order chi connectivity index (χ1) is 15.0. The molecule has 0 unspecified atom stereocenters. The topological polar surface area (TPSA) is 91.6 Å².